The van der Waals surface area contributed by atoms with Crippen LogP contribution in [0, 0.1) is 24.2 Å². The first-order valence-corrected chi connectivity index (χ1v) is 13.9. The molecule has 2 aromatic rings. The number of rotatable bonds is 8. The van der Waals surface area contributed by atoms with Crippen molar-refractivity contribution in [3.05, 3.63) is 17.3 Å². The minimum Gasteiger partial charge on any atom is -0.481 e. The molecular formula is C24H33N9O3S. The smallest absolute Gasteiger partial charge is 0.230 e. The summed E-state index contributed by atoms with van der Waals surface area (Å²) in [6.07, 6.45) is 4.86. The van der Waals surface area contributed by atoms with E-state index in [1.165, 1.54) is 0 Å². The van der Waals surface area contributed by atoms with E-state index in [4.69, 9.17) is 20.0 Å². The van der Waals surface area contributed by atoms with E-state index in [1.807, 2.05) is 18.3 Å². The summed E-state index contributed by atoms with van der Waals surface area (Å²) in [4.78, 5) is 14.0. The first kappa shape index (κ1) is 24.5. The Kier molecular flexibility index (Phi) is 6.10. The molecule has 12 nitrogen and oxygen atoms in total. The van der Waals surface area contributed by atoms with Gasteiger partial charge >= 0.3 is 0 Å². The maximum absolute atomic E-state index is 13.5. The highest BCUT2D eigenvalue weighted by molar-refractivity contribution is 7.84. The Labute approximate surface area is 218 Å². The summed E-state index contributed by atoms with van der Waals surface area (Å²) >= 11 is 0. The van der Waals surface area contributed by atoms with Gasteiger partial charge < -0.3 is 20.1 Å². The molecule has 4 aliphatic heterocycles. The van der Waals surface area contributed by atoms with Gasteiger partial charge in [-0.1, -0.05) is 0 Å². The lowest BCUT2D eigenvalue weighted by Gasteiger charge is -2.61. The van der Waals surface area contributed by atoms with Gasteiger partial charge in [0.15, 0.2) is 5.82 Å². The molecule has 37 heavy (non-hydrogen) atoms. The quantitative estimate of drug-likeness (QED) is 0.460. The Morgan fingerprint density at radius 3 is 2.86 bits per heavy atom. The van der Waals surface area contributed by atoms with Crippen molar-refractivity contribution in [2.45, 2.75) is 68.6 Å². The van der Waals surface area contributed by atoms with Crippen molar-refractivity contribution in [2.24, 2.45) is 5.92 Å². The van der Waals surface area contributed by atoms with E-state index in [2.05, 4.69) is 31.4 Å². The van der Waals surface area contributed by atoms with Crippen molar-refractivity contribution < 1.29 is 14.1 Å². The van der Waals surface area contributed by atoms with E-state index < -0.39 is 11.0 Å². The highest BCUT2D eigenvalue weighted by Gasteiger charge is 2.65. The average Bonchev–Trinajstić information content (AvgIpc) is 3.46. The van der Waals surface area contributed by atoms with Gasteiger partial charge in [-0.3, -0.25) is 10.00 Å². The minimum absolute atomic E-state index is 0.0171. The molecule has 3 N–H and O–H groups in total. The van der Waals surface area contributed by atoms with E-state index in [-0.39, 0.29) is 23.4 Å². The Bertz CT molecular complexity index is 1260. The average molecular weight is 528 g/mol. The minimum atomic E-state index is -1.06. The molecule has 198 valence electrons. The summed E-state index contributed by atoms with van der Waals surface area (Å²) in [5, 5.41) is 28.6. The van der Waals surface area contributed by atoms with Crippen molar-refractivity contribution >= 4 is 28.6 Å². The third-order valence-corrected chi connectivity index (χ3v) is 10.6. The Morgan fingerprint density at radius 1 is 1.38 bits per heavy atom. The Balaban J connectivity index is 1.18. The second-order valence-corrected chi connectivity index (χ2v) is 12.4. The van der Waals surface area contributed by atoms with E-state index in [1.54, 1.807) is 13.2 Å². The molecule has 4 aliphatic rings. The van der Waals surface area contributed by atoms with Crippen molar-refractivity contribution in [3.8, 4) is 11.9 Å². The molecule has 4 fully saturated rings. The molecular weight excluding hydrogens is 494 g/mol. The van der Waals surface area contributed by atoms with Crippen LogP contribution in [0.3, 0.4) is 0 Å². The number of ether oxygens (including phenoxy) is 1. The van der Waals surface area contributed by atoms with E-state index in [0.717, 1.165) is 37.7 Å². The van der Waals surface area contributed by atoms with Gasteiger partial charge in [0.2, 0.25) is 11.8 Å². The molecule has 0 bridgehead atoms. The summed E-state index contributed by atoms with van der Waals surface area (Å²) in [5.41, 5.74) is 1.38. The molecule has 0 saturated carbocycles. The normalized spacial score (nSPS) is 30.1. The topological polar surface area (TPSA) is 147 Å². The van der Waals surface area contributed by atoms with Gasteiger partial charge in [-0.15, -0.1) is 0 Å². The van der Waals surface area contributed by atoms with E-state index in [9.17, 15) is 9.32 Å². The fraction of sp³-hybridized carbons (Fsp3) is 0.667. The number of anilines is 3. The van der Waals surface area contributed by atoms with E-state index in [0.29, 0.717) is 54.3 Å². The van der Waals surface area contributed by atoms with Crippen LogP contribution < -0.4 is 15.0 Å². The number of aliphatic hydroxyl groups is 1. The summed E-state index contributed by atoms with van der Waals surface area (Å²) in [6.45, 7) is 3.03. The third-order valence-electron chi connectivity index (χ3n) is 8.55. The number of aromatic amines is 1. The van der Waals surface area contributed by atoms with Crippen molar-refractivity contribution in [1.82, 2.24) is 29.4 Å². The first-order chi connectivity index (χ1) is 17.9. The number of nitrogens with one attached hydrogen (secondary N) is 2. The van der Waals surface area contributed by atoms with Gasteiger partial charge in [0.25, 0.3) is 0 Å². The van der Waals surface area contributed by atoms with Gasteiger partial charge in [0.1, 0.15) is 21.7 Å². The fourth-order valence-corrected chi connectivity index (χ4v) is 8.77. The summed E-state index contributed by atoms with van der Waals surface area (Å²) in [6, 6.07) is 5.08. The van der Waals surface area contributed by atoms with Crippen LogP contribution in [-0.2, 0) is 17.6 Å². The second kappa shape index (κ2) is 9.20. The predicted octanol–water partition coefficient (Wildman–Crippen LogP) is 1.40. The number of methoxy groups -OCH3 is 1. The molecule has 0 aromatic carbocycles. The largest absolute Gasteiger partial charge is 0.481 e. The van der Waals surface area contributed by atoms with Crippen LogP contribution in [0.1, 0.15) is 43.4 Å². The number of hydrogen-bond acceptors (Lipinski definition) is 10. The van der Waals surface area contributed by atoms with Crippen molar-refractivity contribution in [2.75, 3.05) is 37.5 Å². The molecule has 0 radical (unpaired) electrons. The number of nitrogens with zero attached hydrogens (tertiary/aromatic N) is 7. The summed E-state index contributed by atoms with van der Waals surface area (Å²) in [5.74, 6) is 2.26. The lowest BCUT2D eigenvalue weighted by molar-refractivity contribution is -0.0469. The number of nitriles is 1. The molecule has 5 unspecified atom stereocenters. The Hall–Kier alpha value is -2.79. The maximum atomic E-state index is 13.5. The van der Waals surface area contributed by atoms with Gasteiger partial charge in [-0.25, -0.2) is 8.51 Å². The number of piperidine rings is 1. The Morgan fingerprint density at radius 2 is 2.16 bits per heavy atom. The monoisotopic (exact) mass is 527 g/mol. The number of hydrogen-bond donors (Lipinski definition) is 3. The number of H-pyrrole nitrogens is 1. The third kappa shape index (κ3) is 3.89. The van der Waals surface area contributed by atoms with Crippen LogP contribution in [-0.4, -0.2) is 88.9 Å². The molecule has 0 aliphatic carbocycles. The highest BCUT2D eigenvalue weighted by Crippen LogP contribution is 2.56. The molecule has 4 saturated heterocycles. The van der Waals surface area contributed by atoms with E-state index >= 15 is 0 Å². The fourth-order valence-electron chi connectivity index (χ4n) is 6.55. The molecule has 6 rings (SSSR count). The SMILES string of the molecule is COc1nc(N(C)C2CC3CCC4(S(=O)N5CC(C#N)C5)CC(C2)N34)nc(Nc2cc(CO)[nH]n2)c1C. The lowest BCUT2D eigenvalue weighted by Crippen LogP contribution is -2.73. The van der Waals surface area contributed by atoms with Crippen LogP contribution in [0.4, 0.5) is 17.6 Å². The molecule has 0 spiro atoms. The van der Waals surface area contributed by atoms with Crippen LogP contribution >= 0.6 is 0 Å². The van der Waals surface area contributed by atoms with Crippen LogP contribution in [0.25, 0.3) is 0 Å². The zero-order valence-corrected chi connectivity index (χ0v) is 22.2. The highest BCUT2D eigenvalue weighted by atomic mass is 32.2. The van der Waals surface area contributed by atoms with Crippen LogP contribution in [0.2, 0.25) is 0 Å². The summed E-state index contributed by atoms with van der Waals surface area (Å²) < 4.78 is 21.0. The molecule has 5 atom stereocenters. The van der Waals surface area contributed by atoms with Gasteiger partial charge in [0.05, 0.1) is 37.0 Å². The van der Waals surface area contributed by atoms with Crippen LogP contribution in [0.15, 0.2) is 6.07 Å². The first-order valence-electron chi connectivity index (χ1n) is 12.8. The zero-order valence-electron chi connectivity index (χ0n) is 21.3. The molecule has 13 heteroatoms. The van der Waals surface area contributed by atoms with Gasteiger partial charge in [0, 0.05) is 44.3 Å². The number of aromatic nitrogens is 4. The maximum Gasteiger partial charge on any atom is 0.230 e. The number of aliphatic hydroxyl groups excluding tert-OH is 1. The van der Waals surface area contributed by atoms with Crippen LogP contribution in [0.5, 0.6) is 5.88 Å². The van der Waals surface area contributed by atoms with Gasteiger partial charge in [-0.05, 0) is 39.0 Å². The second-order valence-electron chi connectivity index (χ2n) is 10.6. The van der Waals surface area contributed by atoms with Gasteiger partial charge in [-0.2, -0.15) is 20.3 Å². The zero-order chi connectivity index (χ0) is 25.9. The summed E-state index contributed by atoms with van der Waals surface area (Å²) in [7, 11) is 2.58. The molecule has 2 aromatic heterocycles. The lowest BCUT2D eigenvalue weighted by atomic mass is 9.82. The standard InChI is InChI=1S/C24H33N9O3S/c1-14-21(26-20-6-16(13-34)29-30-20)27-23(28-22(14)36-3)31(2)18-7-17-4-5-24(9-19(8-18)33(17)24)37(35)32-11-15(10-25)12-32/h6,15,17-19,34H,4-5,7-9,11-13H2,1-3H3,(H2,26,27,28,29,30). The molecule has 6 heterocycles. The van der Waals surface area contributed by atoms with Crippen molar-refractivity contribution in [3.63, 3.8) is 0 Å². The van der Waals surface area contributed by atoms with Crippen molar-refractivity contribution in [1.29, 1.82) is 5.26 Å². The molecule has 0 amide bonds. The predicted molar refractivity (Wildman–Crippen MR) is 137 cm³/mol.